The molecule has 2 aliphatic carbocycles. The molecule has 0 unspecified atom stereocenters. The molecule has 0 spiro atoms. The van der Waals surface area contributed by atoms with Crippen LogP contribution in [0.2, 0.25) is 0 Å². The van der Waals surface area contributed by atoms with Crippen molar-refractivity contribution in [1.29, 1.82) is 0 Å². The molecule has 230 valence electrons. The second-order valence-corrected chi connectivity index (χ2v) is 11.3. The smallest absolute Gasteiger partial charge is 0.435 e. The first kappa shape index (κ1) is 28.6. The number of nitrogens with zero attached hydrogens (tertiary/aromatic N) is 9. The molecule has 0 saturated heterocycles. The number of aromatic nitrogens is 9. The molecule has 45 heavy (non-hydrogen) atoms. The number of methoxy groups -OCH3 is 1. The molecule has 0 aliphatic heterocycles. The zero-order valence-electron chi connectivity index (χ0n) is 24.7. The largest absolute Gasteiger partial charge is 0.480 e. The summed E-state index contributed by atoms with van der Waals surface area (Å²) in [6.45, 7) is 1.81. The van der Waals surface area contributed by atoms with Gasteiger partial charge in [0.15, 0.2) is 11.5 Å². The van der Waals surface area contributed by atoms with E-state index in [1.807, 2.05) is 6.08 Å². The Morgan fingerprint density at radius 2 is 1.89 bits per heavy atom. The molecular weight excluding hydrogens is 587 g/mol. The van der Waals surface area contributed by atoms with Crippen LogP contribution >= 0.6 is 0 Å². The molecule has 1 fully saturated rings. The molecule has 0 bridgehead atoms. The molecule has 7 rings (SSSR count). The summed E-state index contributed by atoms with van der Waals surface area (Å²) in [5.41, 5.74) is 3.72. The first-order chi connectivity index (χ1) is 21.6. The monoisotopic (exact) mass is 615 g/mol. The van der Waals surface area contributed by atoms with Crippen LogP contribution in [-0.2, 0) is 19.8 Å². The van der Waals surface area contributed by atoms with E-state index in [1.165, 1.54) is 18.1 Å². The topological polar surface area (TPSA) is 118 Å². The van der Waals surface area contributed by atoms with Crippen molar-refractivity contribution in [3.63, 3.8) is 0 Å². The van der Waals surface area contributed by atoms with Crippen molar-refractivity contribution in [1.82, 2.24) is 44.1 Å². The van der Waals surface area contributed by atoms with Gasteiger partial charge in [-0.1, -0.05) is 6.08 Å². The minimum absolute atomic E-state index is 0.216. The number of allylic oxidation sites excluding steroid dienone is 4. The molecule has 5 aromatic rings. The zero-order chi connectivity index (χ0) is 31.5. The summed E-state index contributed by atoms with van der Waals surface area (Å²) in [5, 5.41) is 8.68. The van der Waals surface area contributed by atoms with Gasteiger partial charge >= 0.3 is 6.18 Å². The SMILES string of the molecule is COc1ncnc(C2CC2)c1-c1ncc2cc(-c3cnn(C)c3)c(=O)n(CC3=CC=C(n4nc(C(F)(F)F)cc4C)CC3)c2n1. The third-order valence-electron chi connectivity index (χ3n) is 8.09. The van der Waals surface area contributed by atoms with Crippen molar-refractivity contribution in [2.75, 3.05) is 7.11 Å². The molecule has 0 atom stereocenters. The van der Waals surface area contributed by atoms with Gasteiger partial charge in [0.25, 0.3) is 5.56 Å². The van der Waals surface area contributed by atoms with Crippen molar-refractivity contribution in [2.24, 2.45) is 7.05 Å². The molecule has 5 aromatic heterocycles. The lowest BCUT2D eigenvalue weighted by atomic mass is 10.0. The lowest BCUT2D eigenvalue weighted by Crippen LogP contribution is -2.24. The van der Waals surface area contributed by atoms with Crippen LogP contribution in [0, 0.1) is 6.92 Å². The lowest BCUT2D eigenvalue weighted by molar-refractivity contribution is -0.141. The van der Waals surface area contributed by atoms with E-state index in [2.05, 4.69) is 25.1 Å². The van der Waals surface area contributed by atoms with E-state index >= 15 is 0 Å². The Kier molecular flexibility index (Phi) is 6.86. The Morgan fingerprint density at radius 3 is 2.53 bits per heavy atom. The molecule has 2 aliphatic rings. The van der Waals surface area contributed by atoms with Gasteiger partial charge in [0.1, 0.15) is 17.5 Å². The Labute approximate surface area is 254 Å². The first-order valence-corrected chi connectivity index (χ1v) is 14.4. The second-order valence-electron chi connectivity index (χ2n) is 11.3. The van der Waals surface area contributed by atoms with E-state index in [0.717, 1.165) is 30.2 Å². The van der Waals surface area contributed by atoms with E-state index in [0.29, 0.717) is 63.7 Å². The predicted octanol–water partition coefficient (Wildman–Crippen LogP) is 5.32. The van der Waals surface area contributed by atoms with E-state index in [4.69, 9.17) is 9.72 Å². The number of fused-ring (bicyclic) bond motifs is 1. The number of hydrogen-bond acceptors (Lipinski definition) is 8. The highest BCUT2D eigenvalue weighted by Gasteiger charge is 2.35. The van der Waals surface area contributed by atoms with Crippen LogP contribution in [0.25, 0.3) is 39.2 Å². The average Bonchev–Trinajstić information content (AvgIpc) is 3.66. The van der Waals surface area contributed by atoms with E-state index in [9.17, 15) is 18.0 Å². The van der Waals surface area contributed by atoms with Crippen molar-refractivity contribution in [3.8, 4) is 28.4 Å². The number of aryl methyl sites for hydroxylation is 2. The van der Waals surface area contributed by atoms with Gasteiger partial charge in [-0.15, -0.1) is 0 Å². The number of halogens is 3. The molecule has 14 heteroatoms. The Balaban J connectivity index is 1.34. The minimum Gasteiger partial charge on any atom is -0.480 e. The van der Waals surface area contributed by atoms with Crippen molar-refractivity contribution in [2.45, 2.75) is 51.2 Å². The zero-order valence-corrected chi connectivity index (χ0v) is 24.7. The lowest BCUT2D eigenvalue weighted by Gasteiger charge is -2.19. The molecule has 0 N–H and O–H groups in total. The van der Waals surface area contributed by atoms with E-state index in [1.54, 1.807) is 54.0 Å². The average molecular weight is 616 g/mol. The molecule has 11 nitrogen and oxygen atoms in total. The molecule has 0 radical (unpaired) electrons. The maximum absolute atomic E-state index is 14.1. The number of hydrogen-bond donors (Lipinski definition) is 0. The summed E-state index contributed by atoms with van der Waals surface area (Å²) in [6, 6.07) is 2.80. The summed E-state index contributed by atoms with van der Waals surface area (Å²) in [5.74, 6) is 0.992. The normalized spacial score (nSPS) is 15.3. The number of rotatable bonds is 7. The van der Waals surface area contributed by atoms with E-state index < -0.39 is 11.9 Å². The third-order valence-corrected chi connectivity index (χ3v) is 8.09. The summed E-state index contributed by atoms with van der Waals surface area (Å²) < 4.78 is 49.9. The number of alkyl halides is 3. The second kappa shape index (κ2) is 10.8. The van der Waals surface area contributed by atoms with Gasteiger partial charge in [0, 0.05) is 54.2 Å². The van der Waals surface area contributed by atoms with Gasteiger partial charge in [0.05, 0.1) is 24.6 Å². The predicted molar refractivity (Wildman–Crippen MR) is 159 cm³/mol. The van der Waals surface area contributed by atoms with E-state index in [-0.39, 0.29) is 18.0 Å². The van der Waals surface area contributed by atoms with Crippen LogP contribution in [-0.4, -0.2) is 51.2 Å². The van der Waals surface area contributed by atoms with Gasteiger partial charge < -0.3 is 4.74 Å². The van der Waals surface area contributed by atoms with Crippen LogP contribution < -0.4 is 10.3 Å². The number of pyridine rings is 1. The highest BCUT2D eigenvalue weighted by Crippen LogP contribution is 2.45. The Bertz CT molecular complexity index is 2080. The summed E-state index contributed by atoms with van der Waals surface area (Å²) >= 11 is 0. The summed E-state index contributed by atoms with van der Waals surface area (Å²) in [6.07, 6.45) is 8.59. The summed E-state index contributed by atoms with van der Waals surface area (Å²) in [7, 11) is 3.31. The highest BCUT2D eigenvalue weighted by atomic mass is 19.4. The quantitative estimate of drug-likeness (QED) is 0.242. The van der Waals surface area contributed by atoms with Crippen molar-refractivity contribution < 1.29 is 17.9 Å². The standard InChI is InChI=1S/C31H28F3N9O2/c1-17-10-24(31(32,33)34)40-43(17)22-8-4-18(5-9-22)14-42-28-20(11-23(30(42)44)21-13-38-41(2)15-21)12-35-27(39-28)25-26(19-6-7-19)36-16-37-29(25)45-3/h4,8,10-13,15-16,19H,5-7,9,14H2,1-3H3. The van der Waals surface area contributed by atoms with Gasteiger partial charge in [-0.3, -0.25) is 14.0 Å². The fraction of sp³-hybridized carbons (Fsp3) is 0.323. The van der Waals surface area contributed by atoms with Gasteiger partial charge in [-0.05, 0) is 56.4 Å². The molecule has 0 aromatic carbocycles. The van der Waals surface area contributed by atoms with Gasteiger partial charge in [-0.2, -0.15) is 23.4 Å². The van der Waals surface area contributed by atoms with Crippen molar-refractivity contribution in [3.05, 3.63) is 82.2 Å². The molecule has 1 saturated carbocycles. The van der Waals surface area contributed by atoms with Crippen LogP contribution in [0.1, 0.15) is 48.7 Å². The first-order valence-electron chi connectivity index (χ1n) is 14.4. The van der Waals surface area contributed by atoms with Crippen LogP contribution in [0.3, 0.4) is 0 Å². The van der Waals surface area contributed by atoms with Crippen LogP contribution in [0.4, 0.5) is 13.2 Å². The van der Waals surface area contributed by atoms with Crippen LogP contribution in [0.5, 0.6) is 5.88 Å². The fourth-order valence-electron chi connectivity index (χ4n) is 5.69. The van der Waals surface area contributed by atoms with Gasteiger partial charge in [0.2, 0.25) is 5.88 Å². The Hall–Kier alpha value is -5.14. The molecule has 0 amide bonds. The minimum atomic E-state index is -4.52. The summed E-state index contributed by atoms with van der Waals surface area (Å²) in [4.78, 5) is 32.5. The fourth-order valence-corrected chi connectivity index (χ4v) is 5.69. The van der Waals surface area contributed by atoms with Gasteiger partial charge in [-0.25, -0.2) is 24.6 Å². The molecular formula is C31H28F3N9O2. The van der Waals surface area contributed by atoms with Crippen LogP contribution in [0.15, 0.2) is 59.6 Å². The molecule has 5 heterocycles. The van der Waals surface area contributed by atoms with Crippen molar-refractivity contribution >= 4 is 16.7 Å². The highest BCUT2D eigenvalue weighted by molar-refractivity contribution is 5.82. The third kappa shape index (κ3) is 5.29. The maximum atomic E-state index is 14.1. The maximum Gasteiger partial charge on any atom is 0.435 e. The number of ether oxygens (including phenoxy) is 1. The Morgan fingerprint density at radius 1 is 1.07 bits per heavy atom.